The van der Waals surface area contributed by atoms with Crippen LogP contribution in [-0.4, -0.2) is 23.3 Å². The van der Waals surface area contributed by atoms with Gasteiger partial charge >= 0.3 is 11.8 Å². The average Bonchev–Trinajstić information content (AvgIpc) is 2.62. The number of likely N-dealkylation sites (tertiary alicyclic amines) is 1. The highest BCUT2D eigenvalue weighted by atomic mass is 16.2. The molecule has 4 heteroatoms. The SMILES string of the molecule is O=C(Nc1ccccc1)C(=O)N1CCCCC1c1ccccc1. The van der Waals surface area contributed by atoms with E-state index in [0.717, 1.165) is 24.8 Å². The van der Waals surface area contributed by atoms with E-state index in [9.17, 15) is 9.59 Å². The average molecular weight is 308 g/mol. The molecule has 1 aliphatic rings. The maximum absolute atomic E-state index is 12.6. The Bertz CT molecular complexity index is 670. The molecule has 1 aliphatic heterocycles. The van der Waals surface area contributed by atoms with Gasteiger partial charge in [0, 0.05) is 12.2 Å². The minimum Gasteiger partial charge on any atom is -0.327 e. The number of anilines is 1. The molecule has 2 aromatic rings. The number of hydrogen-bond donors (Lipinski definition) is 1. The molecule has 23 heavy (non-hydrogen) atoms. The highest BCUT2D eigenvalue weighted by Gasteiger charge is 2.31. The molecule has 3 rings (SSSR count). The van der Waals surface area contributed by atoms with Gasteiger partial charge < -0.3 is 10.2 Å². The Balaban J connectivity index is 1.75. The lowest BCUT2D eigenvalue weighted by atomic mass is 9.95. The van der Waals surface area contributed by atoms with Crippen LogP contribution in [0.4, 0.5) is 5.69 Å². The van der Waals surface area contributed by atoms with E-state index >= 15 is 0 Å². The van der Waals surface area contributed by atoms with Crippen LogP contribution in [-0.2, 0) is 9.59 Å². The zero-order chi connectivity index (χ0) is 16.1. The van der Waals surface area contributed by atoms with E-state index in [1.165, 1.54) is 0 Å². The van der Waals surface area contributed by atoms with E-state index in [1.807, 2.05) is 48.5 Å². The summed E-state index contributed by atoms with van der Waals surface area (Å²) in [4.78, 5) is 26.6. The van der Waals surface area contributed by atoms with Crippen molar-refractivity contribution in [2.45, 2.75) is 25.3 Å². The fourth-order valence-corrected chi connectivity index (χ4v) is 3.03. The maximum Gasteiger partial charge on any atom is 0.313 e. The quantitative estimate of drug-likeness (QED) is 0.865. The third-order valence-electron chi connectivity index (χ3n) is 4.17. The van der Waals surface area contributed by atoms with E-state index in [1.54, 1.807) is 17.0 Å². The van der Waals surface area contributed by atoms with Gasteiger partial charge in [0.1, 0.15) is 0 Å². The summed E-state index contributed by atoms with van der Waals surface area (Å²) in [6.07, 6.45) is 2.91. The first kappa shape index (κ1) is 15.3. The van der Waals surface area contributed by atoms with Crippen molar-refractivity contribution in [1.82, 2.24) is 4.90 Å². The monoisotopic (exact) mass is 308 g/mol. The second-order valence-corrected chi connectivity index (χ2v) is 5.74. The molecule has 1 fully saturated rings. The number of nitrogens with zero attached hydrogens (tertiary/aromatic N) is 1. The molecule has 0 spiro atoms. The van der Waals surface area contributed by atoms with Crippen molar-refractivity contribution in [3.8, 4) is 0 Å². The predicted molar refractivity (Wildman–Crippen MR) is 89.8 cm³/mol. The molecular weight excluding hydrogens is 288 g/mol. The van der Waals surface area contributed by atoms with Crippen LogP contribution in [0.5, 0.6) is 0 Å². The summed E-state index contributed by atoms with van der Waals surface area (Å²) in [6.45, 7) is 0.626. The summed E-state index contributed by atoms with van der Waals surface area (Å²) in [5, 5.41) is 2.68. The Kier molecular flexibility index (Phi) is 4.71. The van der Waals surface area contributed by atoms with E-state index < -0.39 is 11.8 Å². The Morgan fingerprint density at radius 1 is 0.913 bits per heavy atom. The molecule has 1 saturated heterocycles. The van der Waals surface area contributed by atoms with E-state index in [-0.39, 0.29) is 6.04 Å². The van der Waals surface area contributed by atoms with Gasteiger partial charge in [-0.25, -0.2) is 0 Å². The highest BCUT2D eigenvalue weighted by Crippen LogP contribution is 2.30. The largest absolute Gasteiger partial charge is 0.327 e. The van der Waals surface area contributed by atoms with Crippen molar-refractivity contribution in [1.29, 1.82) is 0 Å². The number of carbonyl (C=O) groups is 2. The van der Waals surface area contributed by atoms with E-state index in [2.05, 4.69) is 5.32 Å². The Morgan fingerprint density at radius 2 is 1.57 bits per heavy atom. The normalized spacial score (nSPS) is 17.6. The fraction of sp³-hybridized carbons (Fsp3) is 0.263. The minimum absolute atomic E-state index is 0.0148. The number of benzene rings is 2. The van der Waals surface area contributed by atoms with Crippen LogP contribution in [0.25, 0.3) is 0 Å². The molecule has 0 aromatic heterocycles. The van der Waals surface area contributed by atoms with Crippen LogP contribution >= 0.6 is 0 Å². The number of para-hydroxylation sites is 1. The second-order valence-electron chi connectivity index (χ2n) is 5.74. The molecule has 1 atom stereocenters. The first-order valence-corrected chi connectivity index (χ1v) is 7.97. The van der Waals surface area contributed by atoms with Crippen LogP contribution in [0.2, 0.25) is 0 Å². The van der Waals surface area contributed by atoms with Gasteiger partial charge in [0.15, 0.2) is 0 Å². The van der Waals surface area contributed by atoms with Gasteiger partial charge in [-0.1, -0.05) is 48.5 Å². The third kappa shape index (κ3) is 3.59. The fourth-order valence-electron chi connectivity index (χ4n) is 3.03. The molecule has 2 aromatic carbocycles. The first-order valence-electron chi connectivity index (χ1n) is 7.97. The summed E-state index contributed by atoms with van der Waals surface area (Å²) < 4.78 is 0. The van der Waals surface area contributed by atoms with Crippen molar-refractivity contribution in [2.75, 3.05) is 11.9 Å². The van der Waals surface area contributed by atoms with Gasteiger partial charge in [0.05, 0.1) is 6.04 Å². The van der Waals surface area contributed by atoms with Crippen molar-refractivity contribution < 1.29 is 9.59 Å². The van der Waals surface area contributed by atoms with Crippen LogP contribution in [0.3, 0.4) is 0 Å². The molecule has 1 unspecified atom stereocenters. The summed E-state index contributed by atoms with van der Waals surface area (Å²) in [5.74, 6) is -1.03. The molecule has 2 amide bonds. The Hall–Kier alpha value is -2.62. The van der Waals surface area contributed by atoms with Gasteiger partial charge in [0.2, 0.25) is 0 Å². The van der Waals surface area contributed by atoms with Gasteiger partial charge in [-0.3, -0.25) is 9.59 Å². The lowest BCUT2D eigenvalue weighted by molar-refractivity contribution is -0.145. The summed E-state index contributed by atoms with van der Waals surface area (Å²) in [7, 11) is 0. The number of piperidine rings is 1. The van der Waals surface area contributed by atoms with Crippen molar-refractivity contribution in [3.05, 3.63) is 66.2 Å². The van der Waals surface area contributed by atoms with Gasteiger partial charge in [0.25, 0.3) is 0 Å². The van der Waals surface area contributed by atoms with Crippen LogP contribution in [0.1, 0.15) is 30.9 Å². The lowest BCUT2D eigenvalue weighted by Crippen LogP contribution is -2.44. The van der Waals surface area contributed by atoms with Crippen LogP contribution in [0.15, 0.2) is 60.7 Å². The molecule has 4 nitrogen and oxygen atoms in total. The molecule has 118 valence electrons. The van der Waals surface area contributed by atoms with Gasteiger partial charge in [-0.05, 0) is 37.0 Å². The van der Waals surface area contributed by atoms with Crippen molar-refractivity contribution >= 4 is 17.5 Å². The van der Waals surface area contributed by atoms with Gasteiger partial charge in [-0.2, -0.15) is 0 Å². The zero-order valence-corrected chi connectivity index (χ0v) is 12.9. The maximum atomic E-state index is 12.6. The molecule has 0 aliphatic carbocycles. The topological polar surface area (TPSA) is 49.4 Å². The smallest absolute Gasteiger partial charge is 0.313 e. The zero-order valence-electron chi connectivity index (χ0n) is 12.9. The Morgan fingerprint density at radius 3 is 2.26 bits per heavy atom. The van der Waals surface area contributed by atoms with Gasteiger partial charge in [-0.15, -0.1) is 0 Å². The Labute approximate surface area is 136 Å². The third-order valence-corrected chi connectivity index (χ3v) is 4.17. The number of nitrogens with one attached hydrogen (secondary N) is 1. The summed E-state index contributed by atoms with van der Waals surface area (Å²) >= 11 is 0. The molecule has 0 saturated carbocycles. The number of amides is 2. The van der Waals surface area contributed by atoms with Crippen LogP contribution < -0.4 is 5.32 Å². The molecule has 1 N–H and O–H groups in total. The molecule has 0 radical (unpaired) electrons. The summed E-state index contributed by atoms with van der Waals surface area (Å²) in [5.41, 5.74) is 1.73. The van der Waals surface area contributed by atoms with E-state index in [4.69, 9.17) is 0 Å². The minimum atomic E-state index is -0.570. The van der Waals surface area contributed by atoms with Crippen molar-refractivity contribution in [2.24, 2.45) is 0 Å². The second kappa shape index (κ2) is 7.09. The first-order chi connectivity index (χ1) is 11.3. The molecule has 0 bridgehead atoms. The predicted octanol–water partition coefficient (Wildman–Crippen LogP) is 3.38. The summed E-state index contributed by atoms with van der Waals surface area (Å²) in [6, 6.07) is 19.0. The highest BCUT2D eigenvalue weighted by molar-refractivity contribution is 6.39. The standard InChI is InChI=1S/C19H20N2O2/c22-18(20-16-11-5-2-6-12-16)19(23)21-14-8-7-13-17(21)15-9-3-1-4-10-15/h1-6,9-12,17H,7-8,13-14H2,(H,20,22). The lowest BCUT2D eigenvalue weighted by Gasteiger charge is -2.35. The number of carbonyl (C=O) groups excluding carboxylic acids is 2. The molecule has 1 heterocycles. The van der Waals surface area contributed by atoms with E-state index in [0.29, 0.717) is 12.2 Å². The van der Waals surface area contributed by atoms with Crippen LogP contribution in [0, 0.1) is 0 Å². The molecular formula is C19H20N2O2. The number of rotatable bonds is 2. The number of hydrogen-bond acceptors (Lipinski definition) is 2. The van der Waals surface area contributed by atoms with Crippen molar-refractivity contribution in [3.63, 3.8) is 0 Å².